The summed E-state index contributed by atoms with van der Waals surface area (Å²) in [6.45, 7) is 7.34. The molecule has 1 aliphatic heterocycles. The zero-order valence-corrected chi connectivity index (χ0v) is 10.9. The third-order valence-electron chi connectivity index (χ3n) is 3.15. The minimum Gasteiger partial charge on any atom is -0.310 e. The van der Waals surface area contributed by atoms with E-state index < -0.39 is 10.8 Å². The average Bonchev–Trinajstić information content (AvgIpc) is 2.23. The second-order valence-corrected chi connectivity index (χ2v) is 6.03. The summed E-state index contributed by atoms with van der Waals surface area (Å²) in [5, 5.41) is 3.50. The zero-order chi connectivity index (χ0) is 11.7. The third kappa shape index (κ3) is 2.06. The lowest BCUT2D eigenvalue weighted by molar-refractivity contribution is 0.411. The maximum atomic E-state index is 12.0. The molecule has 16 heavy (non-hydrogen) atoms. The van der Waals surface area contributed by atoms with Gasteiger partial charge in [0.1, 0.15) is 0 Å². The summed E-state index contributed by atoms with van der Waals surface area (Å²) in [7, 11) is -0.818. The Labute approximate surface area is 99.9 Å². The Bertz CT molecular complexity index is 416. The smallest absolute Gasteiger partial charge is 0.0536 e. The van der Waals surface area contributed by atoms with Crippen molar-refractivity contribution < 1.29 is 4.21 Å². The van der Waals surface area contributed by atoms with Gasteiger partial charge >= 0.3 is 0 Å². The summed E-state index contributed by atoms with van der Waals surface area (Å²) in [4.78, 5) is 1.02. The van der Waals surface area contributed by atoms with Crippen molar-refractivity contribution in [3.05, 3.63) is 29.3 Å². The van der Waals surface area contributed by atoms with Gasteiger partial charge in [0.2, 0.25) is 0 Å². The van der Waals surface area contributed by atoms with Gasteiger partial charge in [-0.1, -0.05) is 31.5 Å². The van der Waals surface area contributed by atoms with Crippen LogP contribution in [0.1, 0.15) is 31.0 Å². The third-order valence-corrected chi connectivity index (χ3v) is 4.84. The van der Waals surface area contributed by atoms with E-state index in [0.717, 1.165) is 17.2 Å². The topological polar surface area (TPSA) is 29.1 Å². The number of benzene rings is 1. The monoisotopic (exact) mass is 237 g/mol. The van der Waals surface area contributed by atoms with Gasteiger partial charge in [-0.25, -0.2) is 0 Å². The summed E-state index contributed by atoms with van der Waals surface area (Å²) >= 11 is 0. The average molecular weight is 237 g/mol. The molecule has 1 heterocycles. The largest absolute Gasteiger partial charge is 0.310 e. The molecule has 0 aliphatic carbocycles. The van der Waals surface area contributed by atoms with Gasteiger partial charge in [0.05, 0.1) is 10.8 Å². The SMILES string of the molecule is CCNC1c2cc(C)ccc2S(=O)CC1C. The predicted molar refractivity (Wildman–Crippen MR) is 68.0 cm³/mol. The summed E-state index contributed by atoms with van der Waals surface area (Å²) in [6, 6.07) is 6.61. The van der Waals surface area contributed by atoms with E-state index in [0.29, 0.717) is 12.0 Å². The van der Waals surface area contributed by atoms with Gasteiger partial charge in [-0.2, -0.15) is 0 Å². The molecule has 0 radical (unpaired) electrons. The molecule has 0 amide bonds. The Morgan fingerprint density at radius 2 is 2.25 bits per heavy atom. The molecular weight excluding hydrogens is 218 g/mol. The van der Waals surface area contributed by atoms with Crippen molar-refractivity contribution in [2.45, 2.75) is 31.7 Å². The summed E-state index contributed by atoms with van der Waals surface area (Å²) < 4.78 is 12.0. The van der Waals surface area contributed by atoms with Gasteiger partial charge in [0, 0.05) is 16.7 Å². The van der Waals surface area contributed by atoms with Crippen LogP contribution in [0.2, 0.25) is 0 Å². The maximum Gasteiger partial charge on any atom is 0.0536 e. The molecule has 3 unspecified atom stereocenters. The number of nitrogens with one attached hydrogen (secondary N) is 1. The lowest BCUT2D eigenvalue weighted by Gasteiger charge is -2.31. The molecular formula is C13H19NOS. The van der Waals surface area contributed by atoms with Crippen LogP contribution in [0.25, 0.3) is 0 Å². The first-order valence-electron chi connectivity index (χ1n) is 5.85. The van der Waals surface area contributed by atoms with Gasteiger partial charge in [0.25, 0.3) is 0 Å². The second-order valence-electron chi connectivity index (χ2n) is 4.57. The van der Waals surface area contributed by atoms with Gasteiger partial charge in [-0.3, -0.25) is 4.21 Å². The second kappa shape index (κ2) is 4.68. The summed E-state index contributed by atoms with van der Waals surface area (Å²) in [6.07, 6.45) is 0. The fraction of sp³-hybridized carbons (Fsp3) is 0.538. The maximum absolute atomic E-state index is 12.0. The molecule has 1 aromatic carbocycles. The lowest BCUT2D eigenvalue weighted by atomic mass is 9.94. The minimum atomic E-state index is -0.818. The molecule has 2 nitrogen and oxygen atoms in total. The van der Waals surface area contributed by atoms with Gasteiger partial charge in [0.15, 0.2) is 0 Å². The number of hydrogen-bond acceptors (Lipinski definition) is 2. The number of hydrogen-bond donors (Lipinski definition) is 1. The highest BCUT2D eigenvalue weighted by molar-refractivity contribution is 7.85. The van der Waals surface area contributed by atoms with Crippen molar-refractivity contribution in [1.82, 2.24) is 5.32 Å². The minimum absolute atomic E-state index is 0.359. The summed E-state index contributed by atoms with van der Waals surface area (Å²) in [5.74, 6) is 1.21. The van der Waals surface area contributed by atoms with E-state index in [2.05, 4.69) is 38.2 Å². The van der Waals surface area contributed by atoms with E-state index >= 15 is 0 Å². The Morgan fingerprint density at radius 3 is 2.94 bits per heavy atom. The Kier molecular flexibility index (Phi) is 3.45. The van der Waals surface area contributed by atoms with Crippen LogP contribution < -0.4 is 5.32 Å². The highest BCUT2D eigenvalue weighted by Crippen LogP contribution is 2.34. The van der Waals surface area contributed by atoms with E-state index in [1.54, 1.807) is 0 Å². The van der Waals surface area contributed by atoms with Gasteiger partial charge in [-0.05, 0) is 31.0 Å². The van der Waals surface area contributed by atoms with Crippen LogP contribution in [0, 0.1) is 12.8 Å². The first-order chi connectivity index (χ1) is 7.63. The summed E-state index contributed by atoms with van der Waals surface area (Å²) in [5.41, 5.74) is 2.48. The number of fused-ring (bicyclic) bond motifs is 1. The number of aryl methyl sites for hydroxylation is 1. The number of rotatable bonds is 2. The quantitative estimate of drug-likeness (QED) is 0.856. The highest BCUT2D eigenvalue weighted by atomic mass is 32.2. The Hall–Kier alpha value is -0.670. The molecule has 1 aliphatic rings. The van der Waals surface area contributed by atoms with Crippen molar-refractivity contribution in [2.75, 3.05) is 12.3 Å². The molecule has 0 fully saturated rings. The van der Waals surface area contributed by atoms with E-state index in [1.165, 1.54) is 11.1 Å². The van der Waals surface area contributed by atoms with Crippen LogP contribution in [-0.2, 0) is 10.8 Å². The molecule has 3 atom stereocenters. The molecule has 0 saturated carbocycles. The first-order valence-corrected chi connectivity index (χ1v) is 7.17. The van der Waals surface area contributed by atoms with Crippen molar-refractivity contribution in [3.63, 3.8) is 0 Å². The van der Waals surface area contributed by atoms with Crippen molar-refractivity contribution in [3.8, 4) is 0 Å². The highest BCUT2D eigenvalue weighted by Gasteiger charge is 2.29. The van der Waals surface area contributed by atoms with Crippen molar-refractivity contribution in [2.24, 2.45) is 5.92 Å². The first kappa shape index (κ1) is 11.8. The fourth-order valence-electron chi connectivity index (χ4n) is 2.38. The molecule has 0 saturated heterocycles. The zero-order valence-electron chi connectivity index (χ0n) is 10.1. The van der Waals surface area contributed by atoms with Crippen LogP contribution in [0.3, 0.4) is 0 Å². The van der Waals surface area contributed by atoms with Crippen molar-refractivity contribution in [1.29, 1.82) is 0 Å². The Morgan fingerprint density at radius 1 is 1.50 bits per heavy atom. The van der Waals surface area contributed by atoms with Gasteiger partial charge in [-0.15, -0.1) is 0 Å². The standard InChI is InChI=1S/C13H19NOS/c1-4-14-13-10(3)8-16(15)12-6-5-9(2)7-11(12)13/h5-7,10,13-14H,4,8H2,1-3H3. The molecule has 3 heteroatoms. The molecule has 1 aromatic rings. The van der Waals surface area contributed by atoms with Crippen LogP contribution in [0.4, 0.5) is 0 Å². The van der Waals surface area contributed by atoms with E-state index in [1.807, 2.05) is 6.07 Å². The van der Waals surface area contributed by atoms with Crippen LogP contribution >= 0.6 is 0 Å². The Balaban J connectivity index is 2.47. The van der Waals surface area contributed by atoms with Crippen LogP contribution in [0.5, 0.6) is 0 Å². The van der Waals surface area contributed by atoms with Gasteiger partial charge < -0.3 is 5.32 Å². The normalized spacial score (nSPS) is 28.8. The molecule has 0 bridgehead atoms. The molecule has 2 rings (SSSR count). The van der Waals surface area contributed by atoms with E-state index in [9.17, 15) is 4.21 Å². The molecule has 88 valence electrons. The van der Waals surface area contributed by atoms with Crippen LogP contribution in [-0.4, -0.2) is 16.5 Å². The van der Waals surface area contributed by atoms with Crippen molar-refractivity contribution >= 4 is 10.8 Å². The fourth-order valence-corrected chi connectivity index (χ4v) is 3.90. The van der Waals surface area contributed by atoms with Crippen LogP contribution in [0.15, 0.2) is 23.1 Å². The van der Waals surface area contributed by atoms with E-state index in [-0.39, 0.29) is 0 Å². The van der Waals surface area contributed by atoms with E-state index in [4.69, 9.17) is 0 Å². The molecule has 1 N–H and O–H groups in total. The molecule has 0 spiro atoms. The molecule has 0 aromatic heterocycles. The predicted octanol–water partition coefficient (Wildman–Crippen LogP) is 2.40. The lowest BCUT2D eigenvalue weighted by Crippen LogP contribution is -2.34.